The second kappa shape index (κ2) is 8.09. The van der Waals surface area contributed by atoms with E-state index in [9.17, 15) is 9.18 Å². The Hall–Kier alpha value is -2.12. The minimum atomic E-state index is -0.257. The van der Waals surface area contributed by atoms with Crippen molar-refractivity contribution in [2.75, 3.05) is 36.8 Å². The molecule has 1 amide bonds. The maximum Gasteiger partial charge on any atom is 0.233 e. The highest BCUT2D eigenvalue weighted by Crippen LogP contribution is 2.33. The molecule has 1 aliphatic rings. The lowest BCUT2D eigenvalue weighted by Gasteiger charge is -2.34. The zero-order valence-electron chi connectivity index (χ0n) is 15.9. The maximum absolute atomic E-state index is 13.0. The number of aryl methyl sites for hydroxylation is 2. The number of hydrogen-bond acceptors (Lipinski definition) is 5. The number of amides is 1. The third kappa shape index (κ3) is 4.00. The largest absolute Gasteiger partial charge is 0.345 e. The number of carbonyl (C=O) groups excluding carboxylic acids is 1. The number of halogens is 1. The van der Waals surface area contributed by atoms with Gasteiger partial charge in [-0.15, -0.1) is 11.8 Å². The van der Waals surface area contributed by atoms with Crippen molar-refractivity contribution in [1.29, 1.82) is 0 Å². The maximum atomic E-state index is 13.0. The quantitative estimate of drug-likeness (QED) is 0.588. The summed E-state index contributed by atoms with van der Waals surface area (Å²) in [5, 5.41) is 1.04. The minimum absolute atomic E-state index is 0.130. The van der Waals surface area contributed by atoms with Crippen LogP contribution in [0.15, 0.2) is 41.3 Å². The fraction of sp³-hybridized carbons (Fsp3) is 0.333. The highest BCUT2D eigenvalue weighted by molar-refractivity contribution is 8.00. The van der Waals surface area contributed by atoms with E-state index in [1.165, 1.54) is 39.7 Å². The third-order valence-corrected chi connectivity index (χ3v) is 7.26. The standard InChI is InChI=1S/C21H22FN3OS2/c1-14-3-4-15(2)20-19(14)23-21(28-20)25-11-9-24(10-12-25)18(26)13-27-17-7-5-16(22)6-8-17/h3-8H,9-13H2,1-2H3. The Morgan fingerprint density at radius 2 is 1.75 bits per heavy atom. The van der Waals surface area contributed by atoms with E-state index in [0.717, 1.165) is 28.6 Å². The van der Waals surface area contributed by atoms with Crippen LogP contribution in [0.3, 0.4) is 0 Å². The van der Waals surface area contributed by atoms with Crippen molar-refractivity contribution in [2.45, 2.75) is 18.7 Å². The van der Waals surface area contributed by atoms with E-state index >= 15 is 0 Å². The predicted molar refractivity (Wildman–Crippen MR) is 115 cm³/mol. The average molecular weight is 416 g/mol. The molecular weight excluding hydrogens is 393 g/mol. The molecular formula is C21H22FN3OS2. The van der Waals surface area contributed by atoms with Gasteiger partial charge in [0.1, 0.15) is 5.82 Å². The zero-order valence-corrected chi connectivity index (χ0v) is 17.6. The molecule has 0 saturated carbocycles. The van der Waals surface area contributed by atoms with Crippen LogP contribution >= 0.6 is 23.1 Å². The number of fused-ring (bicyclic) bond motifs is 1. The first kappa shape index (κ1) is 19.2. The van der Waals surface area contributed by atoms with E-state index in [4.69, 9.17) is 4.98 Å². The fourth-order valence-electron chi connectivity index (χ4n) is 3.30. The van der Waals surface area contributed by atoms with E-state index in [2.05, 4.69) is 30.9 Å². The van der Waals surface area contributed by atoms with E-state index in [1.54, 1.807) is 23.5 Å². The van der Waals surface area contributed by atoms with Crippen LogP contribution in [0, 0.1) is 19.7 Å². The van der Waals surface area contributed by atoms with Crippen molar-refractivity contribution < 1.29 is 9.18 Å². The van der Waals surface area contributed by atoms with Gasteiger partial charge in [0.15, 0.2) is 5.13 Å². The summed E-state index contributed by atoms with van der Waals surface area (Å²) < 4.78 is 14.2. The third-order valence-electron chi connectivity index (χ3n) is 5.01. The summed E-state index contributed by atoms with van der Waals surface area (Å²) >= 11 is 3.19. The Bertz CT molecular complexity index is 956. The van der Waals surface area contributed by atoms with Crippen molar-refractivity contribution in [3.8, 4) is 0 Å². The monoisotopic (exact) mass is 415 g/mol. The van der Waals surface area contributed by atoms with Crippen LogP contribution in [0.4, 0.5) is 9.52 Å². The molecule has 7 heteroatoms. The van der Waals surface area contributed by atoms with Gasteiger partial charge >= 0.3 is 0 Å². The number of nitrogens with zero attached hydrogens (tertiary/aromatic N) is 3. The van der Waals surface area contributed by atoms with E-state index in [1.807, 2.05) is 4.90 Å². The highest BCUT2D eigenvalue weighted by Gasteiger charge is 2.23. The molecule has 3 aromatic rings. The number of benzene rings is 2. The molecule has 1 aliphatic heterocycles. The molecule has 4 nitrogen and oxygen atoms in total. The number of rotatable bonds is 4. The second-order valence-corrected chi connectivity index (χ2v) is 9.01. The molecule has 0 spiro atoms. The molecule has 0 atom stereocenters. The highest BCUT2D eigenvalue weighted by atomic mass is 32.2. The van der Waals surface area contributed by atoms with Crippen LogP contribution in [-0.4, -0.2) is 47.7 Å². The summed E-state index contributed by atoms with van der Waals surface area (Å²) in [5.74, 6) is 0.252. The molecule has 0 unspecified atom stereocenters. The van der Waals surface area contributed by atoms with Gasteiger partial charge in [0.05, 0.1) is 16.0 Å². The first-order valence-corrected chi connectivity index (χ1v) is 11.1. The van der Waals surface area contributed by atoms with Gasteiger partial charge in [0, 0.05) is 31.1 Å². The summed E-state index contributed by atoms with van der Waals surface area (Å²) in [5.41, 5.74) is 3.56. The molecule has 2 heterocycles. The van der Waals surface area contributed by atoms with Crippen molar-refractivity contribution >= 4 is 44.4 Å². The van der Waals surface area contributed by atoms with Gasteiger partial charge in [-0.2, -0.15) is 0 Å². The molecule has 146 valence electrons. The van der Waals surface area contributed by atoms with Crippen LogP contribution in [0.1, 0.15) is 11.1 Å². The van der Waals surface area contributed by atoms with Crippen molar-refractivity contribution in [3.63, 3.8) is 0 Å². The lowest BCUT2D eigenvalue weighted by molar-refractivity contribution is -0.128. The van der Waals surface area contributed by atoms with Gasteiger partial charge in [-0.05, 0) is 49.2 Å². The van der Waals surface area contributed by atoms with Crippen LogP contribution < -0.4 is 4.90 Å². The molecule has 1 fully saturated rings. The summed E-state index contributed by atoms with van der Waals surface area (Å²) in [7, 11) is 0. The summed E-state index contributed by atoms with van der Waals surface area (Å²) in [6, 6.07) is 10.5. The summed E-state index contributed by atoms with van der Waals surface area (Å²) in [6.45, 7) is 7.23. The molecule has 1 saturated heterocycles. The van der Waals surface area contributed by atoms with Crippen molar-refractivity contribution in [2.24, 2.45) is 0 Å². The Morgan fingerprint density at radius 1 is 1.07 bits per heavy atom. The molecule has 0 aliphatic carbocycles. The van der Waals surface area contributed by atoms with Gasteiger partial charge in [-0.25, -0.2) is 9.37 Å². The Labute approximate surface area is 172 Å². The smallest absolute Gasteiger partial charge is 0.233 e. The fourth-order valence-corrected chi connectivity index (χ4v) is 5.26. The second-order valence-electron chi connectivity index (χ2n) is 6.98. The van der Waals surface area contributed by atoms with Gasteiger partial charge in [-0.1, -0.05) is 23.5 Å². The van der Waals surface area contributed by atoms with Gasteiger partial charge in [-0.3, -0.25) is 4.79 Å². The normalized spacial score (nSPS) is 14.7. The van der Waals surface area contributed by atoms with Crippen LogP contribution in [0.2, 0.25) is 0 Å². The van der Waals surface area contributed by atoms with Crippen LogP contribution in [0.25, 0.3) is 10.2 Å². The zero-order chi connectivity index (χ0) is 19.7. The van der Waals surface area contributed by atoms with E-state index < -0.39 is 0 Å². The number of thioether (sulfide) groups is 1. The Balaban J connectivity index is 1.35. The molecule has 0 N–H and O–H groups in total. The predicted octanol–water partition coefficient (Wildman–Crippen LogP) is 4.49. The first-order valence-electron chi connectivity index (χ1n) is 9.29. The van der Waals surface area contributed by atoms with Crippen LogP contribution in [0.5, 0.6) is 0 Å². The molecule has 1 aromatic heterocycles. The number of piperazine rings is 1. The molecule has 4 rings (SSSR count). The van der Waals surface area contributed by atoms with Crippen LogP contribution in [-0.2, 0) is 4.79 Å². The number of hydrogen-bond donors (Lipinski definition) is 0. The van der Waals surface area contributed by atoms with Crippen molar-refractivity contribution in [1.82, 2.24) is 9.88 Å². The molecule has 2 aromatic carbocycles. The summed E-state index contributed by atoms with van der Waals surface area (Å²) in [6.07, 6.45) is 0. The topological polar surface area (TPSA) is 36.4 Å². The number of carbonyl (C=O) groups is 1. The molecule has 0 bridgehead atoms. The Morgan fingerprint density at radius 3 is 2.43 bits per heavy atom. The lowest BCUT2D eigenvalue weighted by atomic mass is 10.1. The van der Waals surface area contributed by atoms with E-state index in [0.29, 0.717) is 18.8 Å². The average Bonchev–Trinajstić information content (AvgIpc) is 3.17. The number of anilines is 1. The number of aromatic nitrogens is 1. The molecule has 0 radical (unpaired) electrons. The summed E-state index contributed by atoms with van der Waals surface area (Å²) in [4.78, 5) is 22.5. The van der Waals surface area contributed by atoms with Gasteiger partial charge in [0.25, 0.3) is 0 Å². The number of thiazole rings is 1. The Kier molecular flexibility index (Phi) is 5.55. The molecule has 28 heavy (non-hydrogen) atoms. The minimum Gasteiger partial charge on any atom is -0.345 e. The lowest BCUT2D eigenvalue weighted by Crippen LogP contribution is -2.49. The van der Waals surface area contributed by atoms with Crippen molar-refractivity contribution in [3.05, 3.63) is 53.3 Å². The SMILES string of the molecule is Cc1ccc(C)c2sc(N3CCN(C(=O)CSc4ccc(F)cc4)CC3)nc12. The van der Waals surface area contributed by atoms with Gasteiger partial charge < -0.3 is 9.80 Å². The first-order chi connectivity index (χ1) is 13.5. The van der Waals surface area contributed by atoms with E-state index in [-0.39, 0.29) is 11.7 Å². The van der Waals surface area contributed by atoms with Gasteiger partial charge in [0.2, 0.25) is 5.91 Å².